The molecule has 0 aliphatic heterocycles. The number of hydrogen-bond acceptors (Lipinski definition) is 1. The van der Waals surface area contributed by atoms with E-state index in [1.165, 1.54) is 0 Å². The smallest absolute Gasteiger partial charge is 0.270 e. The summed E-state index contributed by atoms with van der Waals surface area (Å²) < 4.78 is 0.881. The van der Waals surface area contributed by atoms with Crippen molar-refractivity contribution in [1.29, 1.82) is 0 Å². The summed E-state index contributed by atoms with van der Waals surface area (Å²) in [6.07, 6.45) is 1.76. The van der Waals surface area contributed by atoms with Crippen molar-refractivity contribution in [2.24, 2.45) is 0 Å². The Bertz CT molecular complexity index is 536. The second kappa shape index (κ2) is 5.40. The van der Waals surface area contributed by atoms with Crippen LogP contribution in [-0.4, -0.2) is 22.8 Å². The number of rotatable bonds is 3. The molecule has 0 aliphatic rings. The predicted molar refractivity (Wildman–Crippen MR) is 75.4 cm³/mol. The Labute approximate surface area is 115 Å². The Morgan fingerprint density at radius 3 is 2.56 bits per heavy atom. The van der Waals surface area contributed by atoms with Crippen LogP contribution in [0.15, 0.2) is 47.1 Å². The molecule has 0 saturated heterocycles. The van der Waals surface area contributed by atoms with Crippen LogP contribution in [0.25, 0.3) is 0 Å². The SMILES string of the molecule is CC(c1ccccc1)N(C)C(=O)c1cc(Br)c[nH]1. The second-order valence-electron chi connectivity index (χ2n) is 4.23. The molecule has 94 valence electrons. The molecule has 0 aliphatic carbocycles. The van der Waals surface area contributed by atoms with Gasteiger partial charge in [-0.3, -0.25) is 4.79 Å². The summed E-state index contributed by atoms with van der Waals surface area (Å²) in [5, 5.41) is 0. The number of hydrogen-bond donors (Lipinski definition) is 1. The maximum atomic E-state index is 12.2. The highest BCUT2D eigenvalue weighted by Crippen LogP contribution is 2.21. The van der Waals surface area contributed by atoms with E-state index in [0.29, 0.717) is 5.69 Å². The van der Waals surface area contributed by atoms with E-state index in [9.17, 15) is 4.79 Å². The van der Waals surface area contributed by atoms with E-state index in [-0.39, 0.29) is 11.9 Å². The van der Waals surface area contributed by atoms with Gasteiger partial charge in [0.05, 0.1) is 6.04 Å². The van der Waals surface area contributed by atoms with Gasteiger partial charge >= 0.3 is 0 Å². The zero-order chi connectivity index (χ0) is 13.1. The molecule has 0 fully saturated rings. The minimum Gasteiger partial charge on any atom is -0.356 e. The normalized spacial score (nSPS) is 12.2. The molecule has 2 rings (SSSR count). The Hall–Kier alpha value is -1.55. The summed E-state index contributed by atoms with van der Waals surface area (Å²) in [6, 6.07) is 11.8. The molecule has 2 aromatic rings. The first-order valence-electron chi connectivity index (χ1n) is 5.75. The molecule has 1 unspecified atom stereocenters. The first-order chi connectivity index (χ1) is 8.59. The topological polar surface area (TPSA) is 36.1 Å². The van der Waals surface area contributed by atoms with E-state index in [0.717, 1.165) is 10.0 Å². The summed E-state index contributed by atoms with van der Waals surface area (Å²) in [5.74, 6) is -0.0166. The summed E-state index contributed by atoms with van der Waals surface area (Å²) in [7, 11) is 1.81. The number of nitrogens with zero attached hydrogens (tertiary/aromatic N) is 1. The van der Waals surface area contributed by atoms with Crippen molar-refractivity contribution in [3.63, 3.8) is 0 Å². The van der Waals surface area contributed by atoms with Crippen LogP contribution in [0.2, 0.25) is 0 Å². The van der Waals surface area contributed by atoms with E-state index in [1.807, 2.05) is 44.3 Å². The van der Waals surface area contributed by atoms with Gasteiger partial charge in [0.2, 0.25) is 0 Å². The lowest BCUT2D eigenvalue weighted by atomic mass is 10.1. The van der Waals surface area contributed by atoms with Crippen molar-refractivity contribution < 1.29 is 4.79 Å². The van der Waals surface area contributed by atoms with Crippen molar-refractivity contribution in [2.75, 3.05) is 7.05 Å². The van der Waals surface area contributed by atoms with E-state index < -0.39 is 0 Å². The highest BCUT2D eigenvalue weighted by molar-refractivity contribution is 9.10. The van der Waals surface area contributed by atoms with Crippen molar-refractivity contribution in [3.05, 3.63) is 58.3 Å². The number of aromatic nitrogens is 1. The lowest BCUT2D eigenvalue weighted by Crippen LogP contribution is -2.29. The van der Waals surface area contributed by atoms with Gasteiger partial charge < -0.3 is 9.88 Å². The van der Waals surface area contributed by atoms with Crippen LogP contribution in [0.5, 0.6) is 0 Å². The Kier molecular flexibility index (Phi) is 3.87. The van der Waals surface area contributed by atoms with Crippen LogP contribution in [0.1, 0.15) is 29.0 Å². The monoisotopic (exact) mass is 306 g/mol. The maximum absolute atomic E-state index is 12.2. The minimum absolute atomic E-state index is 0.0166. The van der Waals surface area contributed by atoms with Crippen molar-refractivity contribution in [1.82, 2.24) is 9.88 Å². The lowest BCUT2D eigenvalue weighted by molar-refractivity contribution is 0.0737. The van der Waals surface area contributed by atoms with Crippen LogP contribution in [-0.2, 0) is 0 Å². The number of carbonyl (C=O) groups excluding carboxylic acids is 1. The molecular formula is C14H15BrN2O. The van der Waals surface area contributed by atoms with E-state index >= 15 is 0 Å². The highest BCUT2D eigenvalue weighted by atomic mass is 79.9. The quantitative estimate of drug-likeness (QED) is 0.924. The van der Waals surface area contributed by atoms with Crippen LogP contribution in [0, 0.1) is 0 Å². The third-order valence-corrected chi connectivity index (χ3v) is 3.52. The molecule has 1 heterocycles. The van der Waals surface area contributed by atoms with Gasteiger partial charge in [-0.05, 0) is 34.5 Å². The molecule has 0 spiro atoms. The Morgan fingerprint density at radius 2 is 2.00 bits per heavy atom. The number of halogens is 1. The minimum atomic E-state index is -0.0166. The Balaban J connectivity index is 2.16. The third-order valence-electron chi connectivity index (χ3n) is 3.06. The van der Waals surface area contributed by atoms with Gasteiger partial charge in [-0.2, -0.15) is 0 Å². The van der Waals surface area contributed by atoms with Crippen LogP contribution < -0.4 is 0 Å². The molecule has 4 heteroatoms. The van der Waals surface area contributed by atoms with Gasteiger partial charge in [0.1, 0.15) is 5.69 Å². The molecule has 1 aromatic heterocycles. The fraction of sp³-hybridized carbons (Fsp3) is 0.214. The molecular weight excluding hydrogens is 292 g/mol. The number of aromatic amines is 1. The average Bonchev–Trinajstić information content (AvgIpc) is 2.84. The first-order valence-corrected chi connectivity index (χ1v) is 6.55. The number of amides is 1. The van der Waals surface area contributed by atoms with Gasteiger partial charge in [0, 0.05) is 17.7 Å². The summed E-state index contributed by atoms with van der Waals surface area (Å²) in [6.45, 7) is 2.02. The standard InChI is InChI=1S/C14H15BrN2O/c1-10(11-6-4-3-5-7-11)17(2)14(18)13-8-12(15)9-16-13/h3-10,16H,1-2H3. The molecule has 1 aromatic carbocycles. The molecule has 1 atom stereocenters. The lowest BCUT2D eigenvalue weighted by Gasteiger charge is -2.24. The number of H-pyrrole nitrogens is 1. The fourth-order valence-electron chi connectivity index (χ4n) is 1.81. The van der Waals surface area contributed by atoms with Crippen LogP contribution in [0.3, 0.4) is 0 Å². The highest BCUT2D eigenvalue weighted by Gasteiger charge is 2.19. The van der Waals surface area contributed by atoms with Gasteiger partial charge in [-0.25, -0.2) is 0 Å². The number of benzene rings is 1. The summed E-state index contributed by atoms with van der Waals surface area (Å²) in [4.78, 5) is 16.9. The molecule has 1 N–H and O–H groups in total. The zero-order valence-corrected chi connectivity index (χ0v) is 11.9. The zero-order valence-electron chi connectivity index (χ0n) is 10.4. The van der Waals surface area contributed by atoms with E-state index in [2.05, 4.69) is 20.9 Å². The molecule has 0 radical (unpaired) electrons. The summed E-state index contributed by atoms with van der Waals surface area (Å²) >= 11 is 3.33. The van der Waals surface area contributed by atoms with Crippen molar-refractivity contribution in [2.45, 2.75) is 13.0 Å². The second-order valence-corrected chi connectivity index (χ2v) is 5.15. The molecule has 0 bridgehead atoms. The van der Waals surface area contributed by atoms with E-state index in [4.69, 9.17) is 0 Å². The average molecular weight is 307 g/mol. The molecule has 1 amide bonds. The van der Waals surface area contributed by atoms with Crippen molar-refractivity contribution >= 4 is 21.8 Å². The van der Waals surface area contributed by atoms with Crippen LogP contribution >= 0.6 is 15.9 Å². The van der Waals surface area contributed by atoms with Crippen LogP contribution in [0.4, 0.5) is 0 Å². The Morgan fingerprint density at radius 1 is 1.33 bits per heavy atom. The number of nitrogens with one attached hydrogen (secondary N) is 1. The van der Waals surface area contributed by atoms with Gasteiger partial charge in [0.25, 0.3) is 5.91 Å². The molecule has 18 heavy (non-hydrogen) atoms. The van der Waals surface area contributed by atoms with Gasteiger partial charge in [-0.15, -0.1) is 0 Å². The summed E-state index contributed by atoms with van der Waals surface area (Å²) in [5.41, 5.74) is 1.71. The predicted octanol–water partition coefficient (Wildman–Crippen LogP) is 3.61. The van der Waals surface area contributed by atoms with Gasteiger partial charge in [0.15, 0.2) is 0 Å². The third kappa shape index (κ3) is 2.64. The molecule has 0 saturated carbocycles. The fourth-order valence-corrected chi connectivity index (χ4v) is 2.16. The largest absolute Gasteiger partial charge is 0.356 e. The molecule has 3 nitrogen and oxygen atoms in total. The van der Waals surface area contributed by atoms with Crippen molar-refractivity contribution in [3.8, 4) is 0 Å². The maximum Gasteiger partial charge on any atom is 0.270 e. The van der Waals surface area contributed by atoms with Gasteiger partial charge in [-0.1, -0.05) is 30.3 Å². The van der Waals surface area contributed by atoms with E-state index in [1.54, 1.807) is 17.2 Å². The first kappa shape index (κ1) is 12.9. The number of carbonyl (C=O) groups is 1.